The van der Waals surface area contributed by atoms with E-state index in [9.17, 15) is 0 Å². The predicted octanol–water partition coefficient (Wildman–Crippen LogP) is 6.84. The highest BCUT2D eigenvalue weighted by molar-refractivity contribution is 5.93. The summed E-state index contributed by atoms with van der Waals surface area (Å²) in [5.74, 6) is 3.47. The van der Waals surface area contributed by atoms with Crippen LogP contribution in [0.15, 0.2) is 78.9 Å². The maximum absolute atomic E-state index is 6.05. The Hall–Kier alpha value is -3.50. The number of ether oxygens (including phenoxy) is 3. The molecule has 0 aromatic heterocycles. The second-order valence-corrected chi connectivity index (χ2v) is 9.77. The Kier molecular flexibility index (Phi) is 7.43. The summed E-state index contributed by atoms with van der Waals surface area (Å²) in [6.07, 6.45) is 2.12. The van der Waals surface area contributed by atoms with Crippen LogP contribution in [0.25, 0.3) is 21.9 Å². The lowest BCUT2D eigenvalue weighted by molar-refractivity contribution is 0.234. The first kappa shape index (κ1) is 24.2. The van der Waals surface area contributed by atoms with Gasteiger partial charge in [0.1, 0.15) is 23.9 Å². The Labute approximate surface area is 214 Å². The van der Waals surface area contributed by atoms with Crippen molar-refractivity contribution in [2.24, 2.45) is 5.92 Å². The van der Waals surface area contributed by atoms with Crippen LogP contribution >= 0.6 is 0 Å². The van der Waals surface area contributed by atoms with Crippen molar-refractivity contribution in [1.82, 2.24) is 4.90 Å². The highest BCUT2D eigenvalue weighted by atomic mass is 16.5. The van der Waals surface area contributed by atoms with Gasteiger partial charge in [-0.25, -0.2) is 0 Å². The van der Waals surface area contributed by atoms with Crippen LogP contribution in [-0.2, 0) is 6.42 Å². The molecule has 4 nitrogen and oxygen atoms in total. The number of nitrogens with zero attached hydrogens (tertiary/aromatic N) is 1. The molecule has 1 atom stereocenters. The molecule has 1 unspecified atom stereocenters. The third kappa shape index (κ3) is 5.50. The second kappa shape index (κ2) is 11.0. The minimum atomic E-state index is 0.733. The van der Waals surface area contributed by atoms with Gasteiger partial charge in [0.25, 0.3) is 0 Å². The molecule has 1 saturated heterocycles. The van der Waals surface area contributed by atoms with Gasteiger partial charge in [-0.05, 0) is 94.7 Å². The molecule has 4 aromatic rings. The highest BCUT2D eigenvalue weighted by Gasteiger charge is 2.18. The lowest BCUT2D eigenvalue weighted by Crippen LogP contribution is -2.25. The van der Waals surface area contributed by atoms with E-state index in [1.807, 2.05) is 18.2 Å². The molecule has 1 aliphatic rings. The van der Waals surface area contributed by atoms with E-state index < -0.39 is 0 Å². The quantitative estimate of drug-likeness (QED) is 0.262. The van der Waals surface area contributed by atoms with Gasteiger partial charge >= 0.3 is 0 Å². The zero-order chi connectivity index (χ0) is 24.9. The van der Waals surface area contributed by atoms with Crippen molar-refractivity contribution in [3.8, 4) is 28.4 Å². The zero-order valence-electron chi connectivity index (χ0n) is 21.5. The topological polar surface area (TPSA) is 30.9 Å². The molecule has 5 rings (SSSR count). The molecule has 0 saturated carbocycles. The van der Waals surface area contributed by atoms with Crippen LogP contribution in [0.2, 0.25) is 0 Å². The number of benzene rings is 4. The fourth-order valence-electron chi connectivity index (χ4n) is 5.18. The zero-order valence-corrected chi connectivity index (χ0v) is 21.5. The first-order valence-electron chi connectivity index (χ1n) is 12.8. The molecule has 4 aromatic carbocycles. The van der Waals surface area contributed by atoms with Gasteiger partial charge < -0.3 is 14.2 Å². The molecule has 1 heterocycles. The van der Waals surface area contributed by atoms with E-state index in [1.165, 1.54) is 47.0 Å². The maximum Gasteiger partial charge on any atom is 0.119 e. The average Bonchev–Trinajstić information content (AvgIpc) is 3.34. The Morgan fingerprint density at radius 1 is 0.833 bits per heavy atom. The SMILES string of the molecule is COc1cccc(-c2ccc3cc(OC)ccc3c2Cc2ccc(OCCN3CCC(C)C3)cc2)c1. The molecule has 0 bridgehead atoms. The van der Waals surface area contributed by atoms with E-state index in [0.29, 0.717) is 0 Å². The molecule has 0 radical (unpaired) electrons. The lowest BCUT2D eigenvalue weighted by Gasteiger charge is -2.17. The van der Waals surface area contributed by atoms with Crippen LogP contribution in [0.4, 0.5) is 0 Å². The lowest BCUT2D eigenvalue weighted by atomic mass is 9.90. The van der Waals surface area contributed by atoms with Gasteiger partial charge in [-0.1, -0.05) is 49.4 Å². The van der Waals surface area contributed by atoms with Gasteiger partial charge in [0.15, 0.2) is 0 Å². The summed E-state index contributed by atoms with van der Waals surface area (Å²) in [6, 6.07) is 27.6. The molecule has 4 heteroatoms. The molecule has 1 aliphatic heterocycles. The molecule has 0 N–H and O–H groups in total. The number of hydrogen-bond acceptors (Lipinski definition) is 4. The van der Waals surface area contributed by atoms with E-state index in [0.717, 1.165) is 48.3 Å². The molecule has 1 fully saturated rings. The van der Waals surface area contributed by atoms with Crippen LogP contribution in [0.3, 0.4) is 0 Å². The summed E-state index contributed by atoms with van der Waals surface area (Å²) in [5, 5.41) is 2.41. The summed E-state index contributed by atoms with van der Waals surface area (Å²) in [6.45, 7) is 6.43. The van der Waals surface area contributed by atoms with E-state index in [2.05, 4.69) is 72.5 Å². The van der Waals surface area contributed by atoms with Crippen LogP contribution in [0, 0.1) is 5.92 Å². The third-order valence-electron chi connectivity index (χ3n) is 7.21. The average molecular weight is 482 g/mol. The van der Waals surface area contributed by atoms with E-state index in [1.54, 1.807) is 14.2 Å². The van der Waals surface area contributed by atoms with Gasteiger partial charge in [-0.3, -0.25) is 4.90 Å². The van der Waals surface area contributed by atoms with Gasteiger partial charge in [0.2, 0.25) is 0 Å². The van der Waals surface area contributed by atoms with Crippen molar-refractivity contribution in [2.45, 2.75) is 19.8 Å². The Morgan fingerprint density at radius 3 is 2.36 bits per heavy atom. The van der Waals surface area contributed by atoms with Crippen LogP contribution < -0.4 is 14.2 Å². The van der Waals surface area contributed by atoms with Gasteiger partial charge in [0, 0.05) is 13.1 Å². The van der Waals surface area contributed by atoms with Gasteiger partial charge in [-0.15, -0.1) is 0 Å². The number of rotatable bonds is 9. The Balaban J connectivity index is 1.39. The van der Waals surface area contributed by atoms with Crippen LogP contribution in [-0.4, -0.2) is 45.4 Å². The van der Waals surface area contributed by atoms with Crippen LogP contribution in [0.5, 0.6) is 17.2 Å². The van der Waals surface area contributed by atoms with Crippen molar-refractivity contribution in [2.75, 3.05) is 40.5 Å². The third-order valence-corrected chi connectivity index (χ3v) is 7.21. The normalized spacial score (nSPS) is 15.8. The standard InChI is InChI=1S/C32H35NO3/c1-23-15-16-33(22-23)17-18-36-27-10-7-24(8-11-27)19-32-30(25-5-4-6-28(20-25)34-2)13-9-26-21-29(35-3)12-14-31(26)32/h4-14,20-21,23H,15-19,22H2,1-3H3. The van der Waals surface area contributed by atoms with Crippen molar-refractivity contribution < 1.29 is 14.2 Å². The number of methoxy groups -OCH3 is 2. The van der Waals surface area contributed by atoms with Gasteiger partial charge in [0.05, 0.1) is 14.2 Å². The van der Waals surface area contributed by atoms with E-state index in [-0.39, 0.29) is 0 Å². The van der Waals surface area contributed by atoms with Crippen molar-refractivity contribution in [3.63, 3.8) is 0 Å². The van der Waals surface area contributed by atoms with Crippen molar-refractivity contribution >= 4 is 10.8 Å². The summed E-state index contributed by atoms with van der Waals surface area (Å²) >= 11 is 0. The minimum absolute atomic E-state index is 0.733. The predicted molar refractivity (Wildman–Crippen MR) is 147 cm³/mol. The summed E-state index contributed by atoms with van der Waals surface area (Å²) in [4.78, 5) is 2.49. The maximum atomic E-state index is 6.05. The second-order valence-electron chi connectivity index (χ2n) is 9.77. The molecule has 36 heavy (non-hydrogen) atoms. The number of fused-ring (bicyclic) bond motifs is 1. The van der Waals surface area contributed by atoms with Crippen molar-refractivity contribution in [1.29, 1.82) is 0 Å². The fourth-order valence-corrected chi connectivity index (χ4v) is 5.18. The van der Waals surface area contributed by atoms with E-state index >= 15 is 0 Å². The smallest absolute Gasteiger partial charge is 0.119 e. The molecule has 0 spiro atoms. The van der Waals surface area contributed by atoms with Gasteiger partial charge in [-0.2, -0.15) is 0 Å². The monoisotopic (exact) mass is 481 g/mol. The molecule has 0 amide bonds. The van der Waals surface area contributed by atoms with Crippen LogP contribution in [0.1, 0.15) is 24.5 Å². The molecular weight excluding hydrogens is 446 g/mol. The van der Waals surface area contributed by atoms with Crippen molar-refractivity contribution in [3.05, 3.63) is 90.0 Å². The largest absolute Gasteiger partial charge is 0.497 e. The molecular formula is C32H35NO3. The first-order valence-corrected chi connectivity index (χ1v) is 12.8. The molecule has 0 aliphatic carbocycles. The number of likely N-dealkylation sites (tertiary alicyclic amines) is 1. The molecule has 186 valence electrons. The highest BCUT2D eigenvalue weighted by Crippen LogP contribution is 2.35. The summed E-state index contributed by atoms with van der Waals surface area (Å²) < 4.78 is 17.0. The summed E-state index contributed by atoms with van der Waals surface area (Å²) in [5.41, 5.74) is 4.91. The van der Waals surface area contributed by atoms with E-state index in [4.69, 9.17) is 14.2 Å². The first-order chi connectivity index (χ1) is 17.6. The Morgan fingerprint density at radius 2 is 1.61 bits per heavy atom. The Bertz CT molecular complexity index is 1320. The number of hydrogen-bond donors (Lipinski definition) is 0. The fraction of sp³-hybridized carbons (Fsp3) is 0.312. The summed E-state index contributed by atoms with van der Waals surface area (Å²) in [7, 11) is 3.42. The minimum Gasteiger partial charge on any atom is -0.497 e.